The Balaban J connectivity index is 1.53. The number of anilines is 2. The molecule has 8 heteroatoms. The number of hydrogen-bond acceptors (Lipinski definition) is 5. The van der Waals surface area contributed by atoms with Gasteiger partial charge in [0.15, 0.2) is 9.84 Å². The van der Waals surface area contributed by atoms with Crippen LogP contribution in [0, 0.1) is 0 Å². The van der Waals surface area contributed by atoms with E-state index in [0.717, 1.165) is 11.2 Å². The summed E-state index contributed by atoms with van der Waals surface area (Å²) in [6.07, 6.45) is 1.15. The molecule has 0 atom stereocenters. The highest BCUT2D eigenvalue weighted by molar-refractivity contribution is 7.89. The number of nitrogens with zero attached hydrogens (tertiary/aromatic N) is 1. The smallest absolute Gasteiger partial charge is 0.266 e. The number of hydrogen-bond donors (Lipinski definition) is 1. The van der Waals surface area contributed by atoms with Gasteiger partial charge in [-0.05, 0) is 48.0 Å². The minimum atomic E-state index is -3.16. The lowest BCUT2D eigenvalue weighted by Crippen LogP contribution is -2.29. The molecule has 0 fully saturated rings. The Labute approximate surface area is 179 Å². The number of nitrogens with one attached hydrogen (secondary N) is 1. The largest absolute Gasteiger partial charge is 0.322 e. The van der Waals surface area contributed by atoms with Gasteiger partial charge in [-0.25, -0.2) is 13.3 Å². The Morgan fingerprint density at radius 1 is 0.871 bits per heavy atom. The van der Waals surface area contributed by atoms with E-state index in [0.29, 0.717) is 33.6 Å². The van der Waals surface area contributed by atoms with Crippen molar-refractivity contribution in [2.75, 3.05) is 16.5 Å². The van der Waals surface area contributed by atoms with Crippen LogP contribution in [0.1, 0.15) is 36.6 Å². The third-order valence-corrected chi connectivity index (χ3v) is 5.66. The van der Waals surface area contributed by atoms with Gasteiger partial charge in [0, 0.05) is 17.5 Å². The molecule has 31 heavy (non-hydrogen) atoms. The summed E-state index contributed by atoms with van der Waals surface area (Å²) in [4.78, 5) is 39.0. The van der Waals surface area contributed by atoms with Gasteiger partial charge in [0.1, 0.15) is 0 Å². The highest BCUT2D eigenvalue weighted by Crippen LogP contribution is 2.29. The van der Waals surface area contributed by atoms with E-state index < -0.39 is 27.6 Å². The topological polar surface area (TPSA) is 101 Å². The fraction of sp³-hybridized carbons (Fsp3) is 0.0870. The van der Waals surface area contributed by atoms with Crippen LogP contribution in [0.25, 0.3) is 0 Å². The maximum absolute atomic E-state index is 12.7. The van der Waals surface area contributed by atoms with Crippen LogP contribution >= 0.6 is 0 Å². The fourth-order valence-corrected chi connectivity index (χ4v) is 4.20. The number of carbonyl (C=O) groups is 3. The third-order valence-electron chi connectivity index (χ3n) is 4.80. The number of fused-ring (bicyclic) bond motifs is 1. The number of amides is 3. The SMILES string of the molecule is CS(=O)(=O)Cc1ccc(C(=O)Nc2cccc(N3C(=O)c4ccccc4C3=O)c2)cc1. The number of imide groups is 1. The Hall–Kier alpha value is -3.78. The van der Waals surface area contributed by atoms with E-state index in [-0.39, 0.29) is 5.75 Å². The van der Waals surface area contributed by atoms with Crippen LogP contribution in [0.15, 0.2) is 72.8 Å². The van der Waals surface area contributed by atoms with E-state index in [1.54, 1.807) is 72.8 Å². The molecule has 1 N–H and O–H groups in total. The van der Waals surface area contributed by atoms with E-state index >= 15 is 0 Å². The van der Waals surface area contributed by atoms with E-state index in [1.165, 1.54) is 0 Å². The highest BCUT2D eigenvalue weighted by Gasteiger charge is 2.36. The van der Waals surface area contributed by atoms with Crippen LogP contribution in [0.2, 0.25) is 0 Å². The minimum absolute atomic E-state index is 0.1000. The Morgan fingerprint density at radius 3 is 2.06 bits per heavy atom. The molecule has 0 aromatic heterocycles. The standard InChI is InChI=1S/C23H18N2O5S/c1-31(29,30)14-15-9-11-16(12-10-15)21(26)24-17-5-4-6-18(13-17)25-22(27)19-7-2-3-8-20(19)23(25)28/h2-13H,14H2,1H3,(H,24,26). The van der Waals surface area contributed by atoms with Gasteiger partial charge in [-0.15, -0.1) is 0 Å². The van der Waals surface area contributed by atoms with E-state index in [9.17, 15) is 22.8 Å². The summed E-state index contributed by atoms with van der Waals surface area (Å²) in [7, 11) is -3.16. The Morgan fingerprint density at radius 2 is 1.48 bits per heavy atom. The van der Waals surface area contributed by atoms with E-state index in [4.69, 9.17) is 0 Å². The first kappa shape index (κ1) is 20.5. The van der Waals surface area contributed by atoms with Gasteiger partial charge in [0.2, 0.25) is 0 Å². The zero-order chi connectivity index (χ0) is 22.2. The van der Waals surface area contributed by atoms with Gasteiger partial charge in [0.25, 0.3) is 17.7 Å². The molecule has 1 aliphatic rings. The molecular weight excluding hydrogens is 416 g/mol. The Kier molecular flexibility index (Phi) is 5.16. The highest BCUT2D eigenvalue weighted by atomic mass is 32.2. The van der Waals surface area contributed by atoms with Crippen LogP contribution in [0.5, 0.6) is 0 Å². The van der Waals surface area contributed by atoms with Gasteiger partial charge in [-0.1, -0.05) is 30.3 Å². The summed E-state index contributed by atoms with van der Waals surface area (Å²) in [5, 5.41) is 2.73. The van der Waals surface area contributed by atoms with Crippen LogP contribution in [0.3, 0.4) is 0 Å². The summed E-state index contributed by atoms with van der Waals surface area (Å²) >= 11 is 0. The molecule has 0 saturated heterocycles. The lowest BCUT2D eigenvalue weighted by Gasteiger charge is -2.15. The maximum atomic E-state index is 12.7. The Bertz CT molecular complexity index is 1280. The first-order chi connectivity index (χ1) is 14.7. The third kappa shape index (κ3) is 4.24. The number of carbonyl (C=O) groups excluding carboxylic acids is 3. The average Bonchev–Trinajstić information content (AvgIpc) is 2.98. The number of sulfone groups is 1. The fourth-order valence-electron chi connectivity index (χ4n) is 3.40. The predicted octanol–water partition coefficient (Wildman–Crippen LogP) is 3.28. The van der Waals surface area contributed by atoms with Gasteiger partial charge < -0.3 is 5.32 Å². The predicted molar refractivity (Wildman–Crippen MR) is 117 cm³/mol. The monoisotopic (exact) mass is 434 g/mol. The van der Waals surface area contributed by atoms with Gasteiger partial charge in [-0.3, -0.25) is 14.4 Å². The molecule has 0 unspecified atom stereocenters. The molecule has 0 saturated carbocycles. The second-order valence-corrected chi connectivity index (χ2v) is 9.40. The first-order valence-corrected chi connectivity index (χ1v) is 11.4. The number of rotatable bonds is 5. The van der Waals surface area contributed by atoms with Crippen LogP contribution < -0.4 is 10.2 Å². The molecule has 7 nitrogen and oxygen atoms in total. The molecule has 4 rings (SSSR count). The molecule has 0 spiro atoms. The van der Waals surface area contributed by atoms with Crippen molar-refractivity contribution in [1.82, 2.24) is 0 Å². The van der Waals surface area contributed by atoms with Crippen molar-refractivity contribution < 1.29 is 22.8 Å². The second-order valence-electron chi connectivity index (χ2n) is 7.26. The molecule has 3 amide bonds. The molecule has 0 bridgehead atoms. The first-order valence-electron chi connectivity index (χ1n) is 9.39. The minimum Gasteiger partial charge on any atom is -0.322 e. The van der Waals surface area contributed by atoms with E-state index in [1.807, 2.05) is 0 Å². The average molecular weight is 434 g/mol. The lowest BCUT2D eigenvalue weighted by molar-refractivity contribution is 0.0925. The maximum Gasteiger partial charge on any atom is 0.266 e. The summed E-state index contributed by atoms with van der Waals surface area (Å²) in [6, 6.07) is 19.3. The zero-order valence-corrected chi connectivity index (χ0v) is 17.3. The molecule has 1 heterocycles. The second kappa shape index (κ2) is 7.81. The van der Waals surface area contributed by atoms with E-state index in [2.05, 4.69) is 5.32 Å². The van der Waals surface area contributed by atoms with Gasteiger partial charge in [-0.2, -0.15) is 0 Å². The molecule has 0 radical (unpaired) electrons. The van der Waals surface area contributed by atoms with Gasteiger partial charge in [0.05, 0.1) is 22.6 Å². The normalized spacial score (nSPS) is 13.3. The van der Waals surface area contributed by atoms with Crippen LogP contribution in [-0.4, -0.2) is 32.4 Å². The summed E-state index contributed by atoms with van der Waals surface area (Å²) < 4.78 is 22.8. The molecule has 156 valence electrons. The van der Waals surface area contributed by atoms with Crippen molar-refractivity contribution in [2.45, 2.75) is 5.75 Å². The molecule has 0 aliphatic carbocycles. The molecule has 3 aromatic rings. The lowest BCUT2D eigenvalue weighted by atomic mass is 10.1. The van der Waals surface area contributed by atoms with Crippen molar-refractivity contribution in [2.24, 2.45) is 0 Å². The zero-order valence-electron chi connectivity index (χ0n) is 16.5. The van der Waals surface area contributed by atoms with Gasteiger partial charge >= 0.3 is 0 Å². The molecule has 3 aromatic carbocycles. The van der Waals surface area contributed by atoms with Crippen LogP contribution in [0.4, 0.5) is 11.4 Å². The summed E-state index contributed by atoms with van der Waals surface area (Å²) in [5.41, 5.74) is 2.40. The van der Waals surface area contributed by atoms with Crippen LogP contribution in [-0.2, 0) is 15.6 Å². The van der Waals surface area contributed by atoms with Crippen molar-refractivity contribution in [3.8, 4) is 0 Å². The van der Waals surface area contributed by atoms with Crippen molar-refractivity contribution in [3.05, 3.63) is 95.1 Å². The molecule has 1 aliphatic heterocycles. The van der Waals surface area contributed by atoms with Crippen molar-refractivity contribution in [3.63, 3.8) is 0 Å². The number of benzene rings is 3. The summed E-state index contributed by atoms with van der Waals surface area (Å²) in [5.74, 6) is -1.32. The molecular formula is C23H18N2O5S. The quantitative estimate of drug-likeness (QED) is 0.621. The summed E-state index contributed by atoms with van der Waals surface area (Å²) in [6.45, 7) is 0. The van der Waals surface area contributed by atoms with Crippen molar-refractivity contribution in [1.29, 1.82) is 0 Å². The van der Waals surface area contributed by atoms with Crippen molar-refractivity contribution >= 4 is 38.9 Å².